The highest BCUT2D eigenvalue weighted by Gasteiger charge is 2.14. The number of nitrogens with one attached hydrogen (secondary N) is 1. The van der Waals surface area contributed by atoms with Crippen LogP contribution in [0.25, 0.3) is 22.2 Å². The number of aromatic nitrogens is 5. The Labute approximate surface area is 141 Å². The van der Waals surface area contributed by atoms with Crippen molar-refractivity contribution in [2.24, 2.45) is 0 Å². The van der Waals surface area contributed by atoms with Crippen molar-refractivity contribution in [2.45, 2.75) is 6.92 Å². The maximum absolute atomic E-state index is 14.5. The average molecular weight is 336 g/mol. The first-order valence-electron chi connectivity index (χ1n) is 7.47. The van der Waals surface area contributed by atoms with E-state index in [1.807, 2.05) is 0 Å². The average Bonchev–Trinajstić information content (AvgIpc) is 3.02. The van der Waals surface area contributed by atoms with Gasteiger partial charge in [-0.15, -0.1) is 0 Å². The Kier molecular flexibility index (Phi) is 3.50. The molecule has 124 valence electrons. The lowest BCUT2D eigenvalue weighted by Gasteiger charge is -2.07. The number of hydrogen-bond acceptors (Lipinski definition) is 6. The molecule has 0 radical (unpaired) electrons. The molecule has 0 bridgehead atoms. The number of halogens is 1. The number of nitrogen functional groups attached to an aromatic ring is 1. The van der Waals surface area contributed by atoms with Crippen LogP contribution in [0.4, 0.5) is 10.2 Å². The minimum atomic E-state index is -0.535. The van der Waals surface area contributed by atoms with E-state index in [1.165, 1.54) is 18.5 Å². The van der Waals surface area contributed by atoms with Crippen LogP contribution in [0.2, 0.25) is 0 Å². The molecule has 0 spiro atoms. The second kappa shape index (κ2) is 5.82. The molecule has 25 heavy (non-hydrogen) atoms. The number of aryl methyl sites for hydroxylation is 1. The second-order valence-electron chi connectivity index (χ2n) is 5.41. The maximum atomic E-state index is 14.5. The Morgan fingerprint density at radius 1 is 1.16 bits per heavy atom. The molecule has 3 aromatic heterocycles. The molecule has 0 fully saturated rings. The van der Waals surface area contributed by atoms with Crippen molar-refractivity contribution in [1.29, 1.82) is 0 Å². The third kappa shape index (κ3) is 2.74. The van der Waals surface area contributed by atoms with Crippen molar-refractivity contribution in [3.8, 4) is 22.9 Å². The van der Waals surface area contributed by atoms with E-state index < -0.39 is 5.82 Å². The van der Waals surface area contributed by atoms with Gasteiger partial charge in [-0.3, -0.25) is 0 Å². The summed E-state index contributed by atoms with van der Waals surface area (Å²) in [5, 5.41) is 0.651. The molecule has 0 aliphatic rings. The fourth-order valence-corrected chi connectivity index (χ4v) is 2.54. The van der Waals surface area contributed by atoms with Crippen molar-refractivity contribution in [1.82, 2.24) is 24.9 Å². The molecule has 4 aromatic rings. The number of rotatable bonds is 3. The summed E-state index contributed by atoms with van der Waals surface area (Å²) in [6, 6.07) is 6.44. The molecular weight excluding hydrogens is 323 g/mol. The number of fused-ring (bicyclic) bond motifs is 1. The number of nitrogens with zero attached hydrogens (tertiary/aromatic N) is 4. The second-order valence-corrected chi connectivity index (χ2v) is 5.41. The molecule has 0 aliphatic heterocycles. The van der Waals surface area contributed by atoms with Gasteiger partial charge in [-0.05, 0) is 30.7 Å². The third-order valence-electron chi connectivity index (χ3n) is 3.72. The van der Waals surface area contributed by atoms with Gasteiger partial charge < -0.3 is 15.5 Å². The van der Waals surface area contributed by atoms with Gasteiger partial charge in [-0.2, -0.15) is 0 Å². The molecule has 4 rings (SSSR count). The molecule has 7 nitrogen and oxygen atoms in total. The van der Waals surface area contributed by atoms with Crippen molar-refractivity contribution in [3.63, 3.8) is 0 Å². The van der Waals surface area contributed by atoms with Crippen LogP contribution in [0.1, 0.15) is 5.69 Å². The normalized spacial score (nSPS) is 11.0. The van der Waals surface area contributed by atoms with Crippen LogP contribution >= 0.6 is 0 Å². The number of anilines is 1. The fourth-order valence-electron chi connectivity index (χ4n) is 2.54. The summed E-state index contributed by atoms with van der Waals surface area (Å²) in [7, 11) is 0. The molecule has 3 N–H and O–H groups in total. The molecule has 0 saturated carbocycles. The molecule has 1 aromatic carbocycles. The van der Waals surface area contributed by atoms with E-state index in [4.69, 9.17) is 10.5 Å². The first kappa shape index (κ1) is 15.0. The van der Waals surface area contributed by atoms with E-state index in [9.17, 15) is 4.39 Å². The molecule has 0 saturated heterocycles. The van der Waals surface area contributed by atoms with Crippen LogP contribution in [0.5, 0.6) is 11.8 Å². The molecule has 0 atom stereocenters. The number of H-pyrrole nitrogens is 1. The summed E-state index contributed by atoms with van der Waals surface area (Å²) >= 11 is 0. The molecule has 0 aliphatic carbocycles. The first-order valence-corrected chi connectivity index (χ1v) is 7.47. The van der Waals surface area contributed by atoms with Gasteiger partial charge in [0, 0.05) is 23.7 Å². The van der Waals surface area contributed by atoms with Gasteiger partial charge in [-0.25, -0.2) is 24.3 Å². The molecule has 0 amide bonds. The van der Waals surface area contributed by atoms with Gasteiger partial charge in [0.1, 0.15) is 17.8 Å². The van der Waals surface area contributed by atoms with Crippen LogP contribution in [0.15, 0.2) is 43.0 Å². The Morgan fingerprint density at radius 3 is 2.84 bits per heavy atom. The standard InChI is InChI=1S/C17H13FN6O/c1-9-4-5-20-17(24-9)25-13-3-2-10(6-12(13)18)11-7-21-16-14(11)15(19)22-8-23-16/h2-8H,1H3,(H3,19,21,22,23). The smallest absolute Gasteiger partial charge is 0.322 e. The van der Waals surface area contributed by atoms with Gasteiger partial charge in [0.15, 0.2) is 11.6 Å². The number of nitrogens with two attached hydrogens (primary N) is 1. The lowest BCUT2D eigenvalue weighted by molar-refractivity contribution is 0.410. The number of aromatic amines is 1. The Bertz CT molecular complexity index is 1080. The van der Waals surface area contributed by atoms with Gasteiger partial charge >= 0.3 is 6.01 Å². The summed E-state index contributed by atoms with van der Waals surface area (Å²) in [6.45, 7) is 1.80. The highest BCUT2D eigenvalue weighted by Crippen LogP contribution is 2.33. The summed E-state index contributed by atoms with van der Waals surface area (Å²) in [4.78, 5) is 19.2. The van der Waals surface area contributed by atoms with Crippen LogP contribution in [0, 0.1) is 12.7 Å². The van der Waals surface area contributed by atoms with E-state index in [0.717, 1.165) is 5.69 Å². The van der Waals surface area contributed by atoms with E-state index >= 15 is 0 Å². The predicted octanol–water partition coefficient (Wildman–Crippen LogP) is 3.24. The minimum Gasteiger partial charge on any atom is -0.421 e. The highest BCUT2D eigenvalue weighted by molar-refractivity contribution is 6.00. The zero-order chi connectivity index (χ0) is 17.4. The molecular formula is C17H13FN6O. The molecule has 3 heterocycles. The maximum Gasteiger partial charge on any atom is 0.322 e. The minimum absolute atomic E-state index is 0.0402. The topological polar surface area (TPSA) is 103 Å². The van der Waals surface area contributed by atoms with Crippen molar-refractivity contribution in [2.75, 3.05) is 5.73 Å². The van der Waals surface area contributed by atoms with E-state index in [2.05, 4.69) is 24.9 Å². The van der Waals surface area contributed by atoms with E-state index in [0.29, 0.717) is 28.0 Å². The summed E-state index contributed by atoms with van der Waals surface area (Å²) in [5.74, 6) is -0.166. The van der Waals surface area contributed by atoms with Gasteiger partial charge in [0.05, 0.1) is 5.39 Å². The SMILES string of the molecule is Cc1ccnc(Oc2ccc(-c3c[nH]c4ncnc(N)c34)cc2F)n1. The summed E-state index contributed by atoms with van der Waals surface area (Å²) in [6.07, 6.45) is 4.64. The van der Waals surface area contributed by atoms with Crippen LogP contribution in [-0.4, -0.2) is 24.9 Å². The quantitative estimate of drug-likeness (QED) is 0.595. The van der Waals surface area contributed by atoms with E-state index in [-0.39, 0.29) is 11.8 Å². The third-order valence-corrected chi connectivity index (χ3v) is 3.72. The van der Waals surface area contributed by atoms with Crippen molar-refractivity contribution < 1.29 is 9.13 Å². The monoisotopic (exact) mass is 336 g/mol. The van der Waals surface area contributed by atoms with Crippen molar-refractivity contribution in [3.05, 3.63) is 54.5 Å². The van der Waals surface area contributed by atoms with Crippen LogP contribution in [-0.2, 0) is 0 Å². The Hall–Kier alpha value is -3.55. The van der Waals surface area contributed by atoms with E-state index in [1.54, 1.807) is 31.5 Å². The Morgan fingerprint density at radius 2 is 2.04 bits per heavy atom. The highest BCUT2D eigenvalue weighted by atomic mass is 19.1. The number of hydrogen-bond donors (Lipinski definition) is 2. The van der Waals surface area contributed by atoms with Crippen molar-refractivity contribution >= 4 is 16.9 Å². The largest absolute Gasteiger partial charge is 0.421 e. The lowest BCUT2D eigenvalue weighted by atomic mass is 10.1. The Balaban J connectivity index is 1.72. The lowest BCUT2D eigenvalue weighted by Crippen LogP contribution is -1.95. The number of benzene rings is 1. The predicted molar refractivity (Wildman–Crippen MR) is 90.5 cm³/mol. The fraction of sp³-hybridized carbons (Fsp3) is 0.0588. The first-order chi connectivity index (χ1) is 12.1. The summed E-state index contributed by atoms with van der Waals surface area (Å²) in [5.41, 5.74) is 8.58. The van der Waals surface area contributed by atoms with Crippen LogP contribution in [0.3, 0.4) is 0 Å². The zero-order valence-electron chi connectivity index (χ0n) is 13.2. The summed E-state index contributed by atoms with van der Waals surface area (Å²) < 4.78 is 19.9. The zero-order valence-corrected chi connectivity index (χ0v) is 13.2. The van der Waals surface area contributed by atoms with Gasteiger partial charge in [0.25, 0.3) is 0 Å². The van der Waals surface area contributed by atoms with Gasteiger partial charge in [-0.1, -0.05) is 6.07 Å². The number of ether oxygens (including phenoxy) is 1. The molecule has 8 heteroatoms. The molecule has 0 unspecified atom stereocenters. The van der Waals surface area contributed by atoms with Gasteiger partial charge in [0.2, 0.25) is 0 Å². The van der Waals surface area contributed by atoms with Crippen LogP contribution < -0.4 is 10.5 Å².